The van der Waals surface area contributed by atoms with Gasteiger partial charge in [-0.3, -0.25) is 4.79 Å². The molecule has 1 aliphatic rings. The van der Waals surface area contributed by atoms with Crippen molar-refractivity contribution in [2.75, 3.05) is 25.0 Å². The van der Waals surface area contributed by atoms with E-state index < -0.39 is 0 Å². The van der Waals surface area contributed by atoms with Crippen LogP contribution < -0.4 is 10.6 Å². The molecule has 0 unspecified atom stereocenters. The molecule has 1 aromatic rings. The van der Waals surface area contributed by atoms with E-state index in [1.54, 1.807) is 0 Å². The maximum atomic E-state index is 11.7. The van der Waals surface area contributed by atoms with Crippen molar-refractivity contribution in [1.82, 2.24) is 5.32 Å². The van der Waals surface area contributed by atoms with Crippen LogP contribution in [0.1, 0.15) is 38.5 Å². The molecule has 1 saturated carbocycles. The van der Waals surface area contributed by atoms with Gasteiger partial charge in [0.05, 0.1) is 12.6 Å². The van der Waals surface area contributed by atoms with E-state index in [2.05, 4.69) is 10.6 Å². The molecule has 1 amide bonds. The van der Waals surface area contributed by atoms with E-state index >= 15 is 0 Å². The molecule has 0 aliphatic heterocycles. The molecular formula is C17H26N2O2. The lowest BCUT2D eigenvalue weighted by Crippen LogP contribution is -2.31. The molecule has 21 heavy (non-hydrogen) atoms. The fraction of sp³-hybridized carbons (Fsp3) is 0.588. The SMILES string of the molecule is O=C(CNc1ccccc1)NCCCOC1CCCCC1. The van der Waals surface area contributed by atoms with Crippen LogP contribution in [0.4, 0.5) is 5.69 Å². The molecule has 2 rings (SSSR count). The predicted octanol–water partition coefficient (Wildman–Crippen LogP) is 2.95. The Kier molecular flexibility index (Phi) is 7.08. The molecule has 1 aliphatic carbocycles. The standard InChI is InChI=1S/C17H26N2O2/c20-17(14-19-15-8-3-1-4-9-15)18-12-7-13-21-16-10-5-2-6-11-16/h1,3-4,8-9,16,19H,2,5-7,10-14H2,(H,18,20). The highest BCUT2D eigenvalue weighted by molar-refractivity contribution is 5.80. The number of carbonyl (C=O) groups excluding carboxylic acids is 1. The summed E-state index contributed by atoms with van der Waals surface area (Å²) in [5, 5.41) is 6.00. The number of hydrogen-bond acceptors (Lipinski definition) is 3. The number of amides is 1. The third kappa shape index (κ3) is 6.63. The summed E-state index contributed by atoms with van der Waals surface area (Å²) < 4.78 is 5.83. The van der Waals surface area contributed by atoms with Gasteiger partial charge in [0.25, 0.3) is 0 Å². The van der Waals surface area contributed by atoms with Gasteiger partial charge in [-0.25, -0.2) is 0 Å². The monoisotopic (exact) mass is 290 g/mol. The van der Waals surface area contributed by atoms with Crippen molar-refractivity contribution in [2.45, 2.75) is 44.6 Å². The Hall–Kier alpha value is -1.55. The molecule has 2 N–H and O–H groups in total. The largest absolute Gasteiger partial charge is 0.378 e. The summed E-state index contributed by atoms with van der Waals surface area (Å²) in [6.45, 7) is 1.74. The average Bonchev–Trinajstić information content (AvgIpc) is 2.54. The summed E-state index contributed by atoms with van der Waals surface area (Å²) in [4.78, 5) is 11.7. The molecule has 0 heterocycles. The van der Waals surface area contributed by atoms with E-state index in [0.29, 0.717) is 19.2 Å². The third-order valence-electron chi connectivity index (χ3n) is 3.78. The zero-order valence-electron chi connectivity index (χ0n) is 12.6. The molecule has 0 bridgehead atoms. The second kappa shape index (κ2) is 9.40. The van der Waals surface area contributed by atoms with Gasteiger partial charge in [-0.1, -0.05) is 37.5 Å². The van der Waals surface area contributed by atoms with E-state index in [-0.39, 0.29) is 5.91 Å². The van der Waals surface area contributed by atoms with Crippen LogP contribution in [0.15, 0.2) is 30.3 Å². The molecule has 4 nitrogen and oxygen atoms in total. The number of rotatable bonds is 8. The van der Waals surface area contributed by atoms with Crippen LogP contribution in [0, 0.1) is 0 Å². The summed E-state index contributed by atoms with van der Waals surface area (Å²) in [5.41, 5.74) is 0.966. The fourth-order valence-corrected chi connectivity index (χ4v) is 2.58. The number of carbonyl (C=O) groups is 1. The second-order valence-electron chi connectivity index (χ2n) is 5.55. The Morgan fingerprint density at radius 1 is 1.14 bits per heavy atom. The van der Waals surface area contributed by atoms with Crippen LogP contribution in [-0.2, 0) is 9.53 Å². The van der Waals surface area contributed by atoms with Crippen molar-refractivity contribution in [3.05, 3.63) is 30.3 Å². The normalized spacial score (nSPS) is 15.6. The maximum Gasteiger partial charge on any atom is 0.239 e. The van der Waals surface area contributed by atoms with Crippen LogP contribution in [0.2, 0.25) is 0 Å². The first kappa shape index (κ1) is 15.8. The number of benzene rings is 1. The molecule has 1 aromatic carbocycles. The fourth-order valence-electron chi connectivity index (χ4n) is 2.58. The minimum Gasteiger partial charge on any atom is -0.378 e. The Balaban J connectivity index is 1.47. The number of ether oxygens (including phenoxy) is 1. The zero-order valence-corrected chi connectivity index (χ0v) is 12.6. The van der Waals surface area contributed by atoms with Gasteiger partial charge in [0.2, 0.25) is 5.91 Å². The zero-order chi connectivity index (χ0) is 14.8. The number of hydrogen-bond donors (Lipinski definition) is 2. The summed E-state index contributed by atoms with van der Waals surface area (Å²) >= 11 is 0. The molecule has 4 heteroatoms. The predicted molar refractivity (Wildman–Crippen MR) is 85.4 cm³/mol. The molecule has 1 fully saturated rings. The lowest BCUT2D eigenvalue weighted by atomic mass is 9.98. The summed E-state index contributed by atoms with van der Waals surface area (Å²) in [5.74, 6) is 0.0246. The minimum absolute atomic E-state index is 0.0246. The Bertz CT molecular complexity index is 403. The molecule has 116 valence electrons. The summed E-state index contributed by atoms with van der Waals surface area (Å²) in [6, 6.07) is 9.75. The third-order valence-corrected chi connectivity index (χ3v) is 3.78. The van der Waals surface area contributed by atoms with E-state index in [9.17, 15) is 4.79 Å². The van der Waals surface area contributed by atoms with Crippen molar-refractivity contribution in [3.8, 4) is 0 Å². The molecule has 0 radical (unpaired) electrons. The van der Waals surface area contributed by atoms with Crippen LogP contribution in [0.25, 0.3) is 0 Å². The van der Waals surface area contributed by atoms with Crippen LogP contribution in [0.3, 0.4) is 0 Å². The molecule has 0 spiro atoms. The minimum atomic E-state index is 0.0246. The number of nitrogens with one attached hydrogen (secondary N) is 2. The second-order valence-corrected chi connectivity index (χ2v) is 5.55. The van der Waals surface area contributed by atoms with E-state index in [1.165, 1.54) is 32.1 Å². The van der Waals surface area contributed by atoms with Gasteiger partial charge in [0.15, 0.2) is 0 Å². The van der Waals surface area contributed by atoms with Gasteiger partial charge >= 0.3 is 0 Å². The number of anilines is 1. The highest BCUT2D eigenvalue weighted by Crippen LogP contribution is 2.20. The van der Waals surface area contributed by atoms with Gasteiger partial charge in [-0.2, -0.15) is 0 Å². The van der Waals surface area contributed by atoms with Crippen LogP contribution >= 0.6 is 0 Å². The summed E-state index contributed by atoms with van der Waals surface area (Å²) in [7, 11) is 0. The quantitative estimate of drug-likeness (QED) is 0.724. The lowest BCUT2D eigenvalue weighted by molar-refractivity contribution is -0.119. The Labute approximate surface area is 127 Å². The van der Waals surface area contributed by atoms with E-state index in [1.807, 2.05) is 30.3 Å². The first-order valence-corrected chi connectivity index (χ1v) is 8.02. The van der Waals surface area contributed by atoms with Gasteiger partial charge in [-0.05, 0) is 31.4 Å². The van der Waals surface area contributed by atoms with Crippen molar-refractivity contribution in [2.24, 2.45) is 0 Å². The molecule has 0 aromatic heterocycles. The topological polar surface area (TPSA) is 50.4 Å². The molecule has 0 atom stereocenters. The van der Waals surface area contributed by atoms with Gasteiger partial charge in [0, 0.05) is 18.8 Å². The van der Waals surface area contributed by atoms with Gasteiger partial charge in [0.1, 0.15) is 0 Å². The van der Waals surface area contributed by atoms with E-state index in [4.69, 9.17) is 4.74 Å². The lowest BCUT2D eigenvalue weighted by Gasteiger charge is -2.21. The average molecular weight is 290 g/mol. The van der Waals surface area contributed by atoms with Gasteiger partial charge < -0.3 is 15.4 Å². The van der Waals surface area contributed by atoms with Crippen molar-refractivity contribution >= 4 is 11.6 Å². The first-order chi connectivity index (χ1) is 10.3. The Morgan fingerprint density at radius 3 is 2.67 bits per heavy atom. The van der Waals surface area contributed by atoms with Crippen molar-refractivity contribution < 1.29 is 9.53 Å². The Morgan fingerprint density at radius 2 is 1.90 bits per heavy atom. The highest BCUT2D eigenvalue weighted by Gasteiger charge is 2.12. The van der Waals surface area contributed by atoms with Crippen LogP contribution in [-0.4, -0.2) is 31.7 Å². The smallest absolute Gasteiger partial charge is 0.239 e. The van der Waals surface area contributed by atoms with Crippen LogP contribution in [0.5, 0.6) is 0 Å². The van der Waals surface area contributed by atoms with Gasteiger partial charge in [-0.15, -0.1) is 0 Å². The highest BCUT2D eigenvalue weighted by atomic mass is 16.5. The maximum absolute atomic E-state index is 11.7. The summed E-state index contributed by atoms with van der Waals surface area (Å²) in [6.07, 6.45) is 7.69. The first-order valence-electron chi connectivity index (χ1n) is 8.02. The molecular weight excluding hydrogens is 264 g/mol. The number of para-hydroxylation sites is 1. The van der Waals surface area contributed by atoms with Crippen molar-refractivity contribution in [1.29, 1.82) is 0 Å². The van der Waals surface area contributed by atoms with E-state index in [0.717, 1.165) is 18.7 Å². The molecule has 0 saturated heterocycles. The van der Waals surface area contributed by atoms with Crippen molar-refractivity contribution in [3.63, 3.8) is 0 Å².